The van der Waals surface area contributed by atoms with Crippen LogP contribution in [0.15, 0.2) is 36.9 Å². The van der Waals surface area contributed by atoms with E-state index in [1.165, 1.54) is 0 Å². The number of nitrogens with one attached hydrogen (secondary N) is 1. The Bertz CT molecular complexity index is 732. The van der Waals surface area contributed by atoms with Crippen molar-refractivity contribution in [3.8, 4) is 11.4 Å². The zero-order valence-electron chi connectivity index (χ0n) is 11.7. The zero-order chi connectivity index (χ0) is 13.9. The number of nitrogens with zero attached hydrogens (tertiary/aromatic N) is 4. The molecule has 0 saturated heterocycles. The van der Waals surface area contributed by atoms with Crippen LogP contribution in [0.5, 0.6) is 0 Å². The normalized spacial score (nSPS) is 10.9. The van der Waals surface area contributed by atoms with Crippen molar-refractivity contribution in [3.05, 3.63) is 42.5 Å². The highest BCUT2D eigenvalue weighted by Crippen LogP contribution is 2.27. The van der Waals surface area contributed by atoms with E-state index in [9.17, 15) is 0 Å². The van der Waals surface area contributed by atoms with Crippen molar-refractivity contribution < 1.29 is 0 Å². The summed E-state index contributed by atoms with van der Waals surface area (Å²) in [6.07, 6.45) is 7.36. The largest absolute Gasteiger partial charge is 0.373 e. The molecule has 3 heterocycles. The van der Waals surface area contributed by atoms with Crippen molar-refractivity contribution in [1.29, 1.82) is 0 Å². The van der Waals surface area contributed by atoms with Crippen molar-refractivity contribution in [1.82, 2.24) is 19.4 Å². The molecule has 0 aromatic carbocycles. The first-order chi connectivity index (χ1) is 9.85. The molecule has 0 aliphatic heterocycles. The Morgan fingerprint density at radius 3 is 2.90 bits per heavy atom. The van der Waals surface area contributed by atoms with Gasteiger partial charge in [0.25, 0.3) is 0 Å². The molecule has 0 unspecified atom stereocenters. The van der Waals surface area contributed by atoms with Crippen LogP contribution in [0, 0.1) is 0 Å². The second-order valence-electron chi connectivity index (χ2n) is 4.62. The molecule has 3 aromatic heterocycles. The molecule has 0 aliphatic carbocycles. The third kappa shape index (κ3) is 2.01. The number of imidazole rings is 1. The lowest BCUT2D eigenvalue weighted by molar-refractivity contribution is 0.902. The van der Waals surface area contributed by atoms with E-state index in [1.54, 1.807) is 12.5 Å². The van der Waals surface area contributed by atoms with Crippen LogP contribution >= 0.6 is 0 Å². The third-order valence-electron chi connectivity index (χ3n) is 3.35. The quantitative estimate of drug-likeness (QED) is 0.789. The summed E-state index contributed by atoms with van der Waals surface area (Å²) >= 11 is 0. The molecule has 0 saturated carbocycles. The highest BCUT2D eigenvalue weighted by atomic mass is 15.0. The van der Waals surface area contributed by atoms with Crippen LogP contribution in [0.25, 0.3) is 17.0 Å². The van der Waals surface area contributed by atoms with E-state index >= 15 is 0 Å². The second kappa shape index (κ2) is 5.28. The maximum absolute atomic E-state index is 4.51. The first kappa shape index (κ1) is 12.6. The third-order valence-corrected chi connectivity index (χ3v) is 3.35. The molecule has 0 bridgehead atoms. The first-order valence-corrected chi connectivity index (χ1v) is 6.79. The van der Waals surface area contributed by atoms with Gasteiger partial charge in [-0.25, -0.2) is 15.0 Å². The minimum absolute atomic E-state index is 0.897. The van der Waals surface area contributed by atoms with Gasteiger partial charge in [0.05, 0.1) is 11.4 Å². The predicted octanol–water partition coefficient (Wildman–Crippen LogP) is 2.79. The Morgan fingerprint density at radius 1 is 1.20 bits per heavy atom. The highest BCUT2D eigenvalue weighted by molar-refractivity contribution is 5.68. The molecular formula is C15H17N5. The van der Waals surface area contributed by atoms with Gasteiger partial charge in [-0.2, -0.15) is 0 Å². The van der Waals surface area contributed by atoms with Crippen LogP contribution in [0.4, 0.5) is 5.82 Å². The van der Waals surface area contributed by atoms with Crippen molar-refractivity contribution in [2.24, 2.45) is 0 Å². The van der Waals surface area contributed by atoms with Gasteiger partial charge >= 0.3 is 0 Å². The lowest BCUT2D eigenvalue weighted by Crippen LogP contribution is -2.04. The number of anilines is 1. The monoisotopic (exact) mass is 267 g/mol. The van der Waals surface area contributed by atoms with Crippen LogP contribution in [0.2, 0.25) is 0 Å². The molecule has 0 spiro atoms. The summed E-state index contributed by atoms with van der Waals surface area (Å²) in [5.74, 6) is 0.897. The summed E-state index contributed by atoms with van der Waals surface area (Å²) in [5.41, 5.74) is 4.09. The molecule has 0 amide bonds. The van der Waals surface area contributed by atoms with Crippen molar-refractivity contribution in [2.75, 3.05) is 12.4 Å². The van der Waals surface area contributed by atoms with E-state index in [2.05, 4.69) is 37.7 Å². The number of rotatable bonds is 4. The van der Waals surface area contributed by atoms with E-state index in [1.807, 2.05) is 25.4 Å². The molecule has 5 nitrogen and oxygen atoms in total. The Hall–Kier alpha value is -2.43. The first-order valence-electron chi connectivity index (χ1n) is 6.79. The summed E-state index contributed by atoms with van der Waals surface area (Å²) in [6.45, 7) is 2.16. The Kier molecular flexibility index (Phi) is 3.33. The Balaban J connectivity index is 2.26. The van der Waals surface area contributed by atoms with Crippen LogP contribution in [0.3, 0.4) is 0 Å². The maximum atomic E-state index is 4.51. The van der Waals surface area contributed by atoms with Gasteiger partial charge in [0.15, 0.2) is 0 Å². The lowest BCUT2D eigenvalue weighted by atomic mass is 10.1. The van der Waals surface area contributed by atoms with E-state index in [0.29, 0.717) is 0 Å². The van der Waals surface area contributed by atoms with Crippen molar-refractivity contribution in [2.45, 2.75) is 19.8 Å². The molecule has 3 rings (SSSR count). The minimum atomic E-state index is 0.897. The molecular weight excluding hydrogens is 250 g/mol. The minimum Gasteiger partial charge on any atom is -0.373 e. The molecule has 5 heteroatoms. The van der Waals surface area contributed by atoms with Crippen LogP contribution in [-0.2, 0) is 6.42 Å². The Labute approximate surface area is 117 Å². The van der Waals surface area contributed by atoms with Gasteiger partial charge in [-0.05, 0) is 18.6 Å². The van der Waals surface area contributed by atoms with Gasteiger partial charge in [0.1, 0.15) is 17.8 Å². The van der Waals surface area contributed by atoms with E-state index in [-0.39, 0.29) is 0 Å². The summed E-state index contributed by atoms with van der Waals surface area (Å²) in [6, 6.07) is 6.06. The topological polar surface area (TPSA) is 55.1 Å². The van der Waals surface area contributed by atoms with E-state index < -0.39 is 0 Å². The molecule has 0 aliphatic rings. The predicted molar refractivity (Wildman–Crippen MR) is 79.8 cm³/mol. The smallest absolute Gasteiger partial charge is 0.137 e. The summed E-state index contributed by atoms with van der Waals surface area (Å²) in [5, 5.41) is 3.16. The van der Waals surface area contributed by atoms with E-state index in [0.717, 1.165) is 41.3 Å². The fourth-order valence-corrected chi connectivity index (χ4v) is 2.48. The van der Waals surface area contributed by atoms with Gasteiger partial charge in [-0.15, -0.1) is 0 Å². The summed E-state index contributed by atoms with van der Waals surface area (Å²) in [7, 11) is 1.89. The number of fused-ring (bicyclic) bond motifs is 1. The van der Waals surface area contributed by atoms with Crippen molar-refractivity contribution >= 4 is 11.5 Å². The fourth-order valence-electron chi connectivity index (χ4n) is 2.48. The fraction of sp³-hybridized carbons (Fsp3) is 0.267. The van der Waals surface area contributed by atoms with Crippen molar-refractivity contribution in [3.63, 3.8) is 0 Å². The number of aromatic nitrogens is 4. The molecule has 102 valence electrons. The lowest BCUT2D eigenvalue weighted by Gasteiger charge is -2.13. The molecule has 0 radical (unpaired) electrons. The van der Waals surface area contributed by atoms with Crippen LogP contribution < -0.4 is 5.32 Å². The second-order valence-corrected chi connectivity index (χ2v) is 4.62. The van der Waals surface area contributed by atoms with Gasteiger partial charge in [-0.1, -0.05) is 19.4 Å². The maximum Gasteiger partial charge on any atom is 0.137 e. The van der Waals surface area contributed by atoms with Gasteiger partial charge in [-0.3, -0.25) is 4.40 Å². The Morgan fingerprint density at radius 2 is 2.10 bits per heavy atom. The zero-order valence-corrected chi connectivity index (χ0v) is 11.7. The van der Waals surface area contributed by atoms with Gasteiger partial charge in [0.2, 0.25) is 0 Å². The van der Waals surface area contributed by atoms with E-state index in [4.69, 9.17) is 0 Å². The molecule has 3 aromatic rings. The number of hydrogen-bond acceptors (Lipinski definition) is 4. The number of hydrogen-bond donors (Lipinski definition) is 1. The molecule has 20 heavy (non-hydrogen) atoms. The van der Waals surface area contributed by atoms with Crippen LogP contribution in [0.1, 0.15) is 18.9 Å². The average Bonchev–Trinajstić information content (AvgIpc) is 2.96. The standard InChI is InChI=1S/C15H17N5/c1-3-5-11-14(18-10-19-15(11)16-2)12-6-4-7-13-17-8-9-20(12)13/h4,6-10H,3,5H2,1-2H3,(H,16,18,19). The number of pyridine rings is 1. The van der Waals surface area contributed by atoms with Crippen LogP contribution in [-0.4, -0.2) is 26.4 Å². The molecule has 0 fully saturated rings. The van der Waals surface area contributed by atoms with Gasteiger partial charge < -0.3 is 5.32 Å². The SMILES string of the molecule is CCCc1c(NC)ncnc1-c1cccc2nccn12. The average molecular weight is 267 g/mol. The summed E-state index contributed by atoms with van der Waals surface area (Å²) in [4.78, 5) is 13.2. The summed E-state index contributed by atoms with van der Waals surface area (Å²) < 4.78 is 2.06. The molecule has 0 atom stereocenters. The highest BCUT2D eigenvalue weighted by Gasteiger charge is 2.14. The van der Waals surface area contributed by atoms with Gasteiger partial charge in [0, 0.05) is 25.0 Å². The molecule has 1 N–H and O–H groups in total.